The molecule has 0 bridgehead atoms. The third-order valence-electron chi connectivity index (χ3n) is 4.75. The van der Waals surface area contributed by atoms with E-state index in [0.717, 1.165) is 25.7 Å². The zero-order valence-corrected chi connectivity index (χ0v) is 13.2. The van der Waals surface area contributed by atoms with E-state index < -0.39 is 6.04 Å². The molecular weight excluding hydrogens is 290 g/mol. The monoisotopic (exact) mass is 313 g/mol. The molecule has 0 aliphatic heterocycles. The van der Waals surface area contributed by atoms with E-state index in [0.29, 0.717) is 11.7 Å². The first-order valence-electron chi connectivity index (χ1n) is 8.27. The number of benzene rings is 1. The first kappa shape index (κ1) is 15.8. The van der Waals surface area contributed by atoms with E-state index in [4.69, 9.17) is 4.42 Å². The number of hydrogen-bond acceptors (Lipinski definition) is 3. The highest BCUT2D eigenvalue weighted by Crippen LogP contribution is 2.36. The molecule has 1 atom stereocenters. The van der Waals surface area contributed by atoms with Gasteiger partial charge in [0.05, 0.1) is 12.9 Å². The Bertz CT molecular complexity index is 601. The van der Waals surface area contributed by atoms with Gasteiger partial charge in [-0.05, 0) is 49.3 Å². The number of hydrogen-bond donors (Lipinski definition) is 2. The van der Waals surface area contributed by atoms with Crippen molar-refractivity contribution in [3.05, 3.63) is 60.1 Å². The topological polar surface area (TPSA) is 62.5 Å². The second kappa shape index (κ2) is 7.47. The van der Waals surface area contributed by atoms with Crippen LogP contribution in [-0.2, 0) is 4.79 Å². The van der Waals surface area contributed by atoms with E-state index in [2.05, 4.69) is 29.6 Å². The largest absolute Gasteiger partial charge is 0.467 e. The van der Waals surface area contributed by atoms with Crippen LogP contribution >= 0.6 is 0 Å². The Kier molecular flexibility index (Phi) is 5.13. The molecular formula is C19H23NO3. The maximum Gasteiger partial charge on any atom is 0.223 e. The van der Waals surface area contributed by atoms with Crippen LogP contribution in [0.15, 0.2) is 53.1 Å². The van der Waals surface area contributed by atoms with Crippen molar-refractivity contribution in [3.8, 4) is 0 Å². The molecule has 0 spiro atoms. The number of carbonyl (C=O) groups excluding carboxylic acids is 1. The van der Waals surface area contributed by atoms with Gasteiger partial charge >= 0.3 is 0 Å². The van der Waals surface area contributed by atoms with Crippen molar-refractivity contribution in [2.24, 2.45) is 5.92 Å². The lowest BCUT2D eigenvalue weighted by molar-refractivity contribution is -0.127. The summed E-state index contributed by atoms with van der Waals surface area (Å²) in [5, 5.41) is 12.4. The van der Waals surface area contributed by atoms with E-state index in [-0.39, 0.29) is 18.4 Å². The molecule has 1 aliphatic carbocycles. The molecule has 23 heavy (non-hydrogen) atoms. The molecule has 1 saturated carbocycles. The first-order valence-corrected chi connectivity index (χ1v) is 8.27. The lowest BCUT2D eigenvalue weighted by atomic mass is 9.78. The smallest absolute Gasteiger partial charge is 0.223 e. The molecule has 1 aromatic carbocycles. The standard InChI is InChI=1S/C19H23NO3/c21-13-17(18-7-4-12-23-18)20-19(22)16-10-8-15(9-11-16)14-5-2-1-3-6-14/h1-7,12,15-17,21H,8-11,13H2,(H,20,22). The van der Waals surface area contributed by atoms with Gasteiger partial charge in [-0.15, -0.1) is 0 Å². The van der Waals surface area contributed by atoms with Crippen LogP contribution in [-0.4, -0.2) is 17.6 Å². The third-order valence-corrected chi connectivity index (χ3v) is 4.75. The molecule has 4 heteroatoms. The summed E-state index contributed by atoms with van der Waals surface area (Å²) < 4.78 is 5.27. The van der Waals surface area contributed by atoms with E-state index in [1.165, 1.54) is 5.56 Å². The summed E-state index contributed by atoms with van der Waals surface area (Å²) >= 11 is 0. The molecule has 1 fully saturated rings. The summed E-state index contributed by atoms with van der Waals surface area (Å²) in [4.78, 5) is 12.4. The number of carbonyl (C=O) groups is 1. The fraction of sp³-hybridized carbons (Fsp3) is 0.421. The Hall–Kier alpha value is -2.07. The second-order valence-corrected chi connectivity index (χ2v) is 6.22. The molecule has 1 unspecified atom stereocenters. The SMILES string of the molecule is O=C(NC(CO)c1ccco1)C1CCC(c2ccccc2)CC1. The summed E-state index contributed by atoms with van der Waals surface area (Å²) in [6.45, 7) is -0.154. The highest BCUT2D eigenvalue weighted by Gasteiger charge is 2.28. The molecule has 122 valence electrons. The predicted octanol–water partition coefficient (Wildman–Crippen LogP) is 3.40. The highest BCUT2D eigenvalue weighted by molar-refractivity contribution is 5.79. The van der Waals surface area contributed by atoms with E-state index in [9.17, 15) is 9.90 Å². The van der Waals surface area contributed by atoms with Crippen molar-refractivity contribution in [2.45, 2.75) is 37.6 Å². The maximum atomic E-state index is 12.4. The molecule has 0 saturated heterocycles. The molecule has 1 heterocycles. The van der Waals surface area contributed by atoms with Crippen molar-refractivity contribution < 1.29 is 14.3 Å². The van der Waals surface area contributed by atoms with Crippen molar-refractivity contribution >= 4 is 5.91 Å². The van der Waals surface area contributed by atoms with Crippen molar-refractivity contribution in [1.29, 1.82) is 0 Å². The number of nitrogens with one attached hydrogen (secondary N) is 1. The van der Waals surface area contributed by atoms with Gasteiger partial charge in [0.25, 0.3) is 0 Å². The van der Waals surface area contributed by atoms with Crippen LogP contribution in [0.5, 0.6) is 0 Å². The molecule has 0 radical (unpaired) electrons. The Morgan fingerprint density at radius 1 is 1.13 bits per heavy atom. The van der Waals surface area contributed by atoms with Gasteiger partial charge in [0.1, 0.15) is 11.8 Å². The third kappa shape index (κ3) is 3.82. The van der Waals surface area contributed by atoms with Crippen molar-refractivity contribution in [1.82, 2.24) is 5.32 Å². The van der Waals surface area contributed by atoms with Crippen molar-refractivity contribution in [3.63, 3.8) is 0 Å². The minimum absolute atomic E-state index is 0.0203. The van der Waals surface area contributed by atoms with Crippen LogP contribution in [0, 0.1) is 5.92 Å². The molecule has 1 amide bonds. The molecule has 2 N–H and O–H groups in total. The lowest BCUT2D eigenvalue weighted by Crippen LogP contribution is -2.36. The number of aliphatic hydroxyl groups excluding tert-OH is 1. The molecule has 2 aromatic rings. The number of rotatable bonds is 5. The van der Waals surface area contributed by atoms with Gasteiger partial charge < -0.3 is 14.8 Å². The van der Waals surface area contributed by atoms with Crippen LogP contribution in [0.2, 0.25) is 0 Å². The van der Waals surface area contributed by atoms with Crippen LogP contribution in [0.3, 0.4) is 0 Å². The molecule has 4 nitrogen and oxygen atoms in total. The molecule has 1 aromatic heterocycles. The fourth-order valence-electron chi connectivity index (χ4n) is 3.40. The Balaban J connectivity index is 1.54. The van der Waals surface area contributed by atoms with Gasteiger partial charge in [-0.2, -0.15) is 0 Å². The Labute approximate surface area is 136 Å². The second-order valence-electron chi connectivity index (χ2n) is 6.22. The Morgan fingerprint density at radius 2 is 1.87 bits per heavy atom. The fourth-order valence-corrected chi connectivity index (χ4v) is 3.40. The number of amides is 1. The summed E-state index contributed by atoms with van der Waals surface area (Å²) in [6.07, 6.45) is 5.40. The minimum Gasteiger partial charge on any atom is -0.467 e. The number of furan rings is 1. The van der Waals surface area contributed by atoms with Gasteiger partial charge in [-0.1, -0.05) is 30.3 Å². The van der Waals surface area contributed by atoms with Crippen LogP contribution in [0.25, 0.3) is 0 Å². The highest BCUT2D eigenvalue weighted by atomic mass is 16.3. The number of aliphatic hydroxyl groups is 1. The van der Waals surface area contributed by atoms with E-state index in [1.807, 2.05) is 6.07 Å². The predicted molar refractivity (Wildman–Crippen MR) is 87.8 cm³/mol. The summed E-state index contributed by atoms with van der Waals surface area (Å²) in [6, 6.07) is 13.6. The van der Waals surface area contributed by atoms with Gasteiger partial charge in [0.2, 0.25) is 5.91 Å². The summed E-state index contributed by atoms with van der Waals surface area (Å²) in [7, 11) is 0. The van der Waals surface area contributed by atoms with Gasteiger partial charge in [-0.3, -0.25) is 4.79 Å². The first-order chi connectivity index (χ1) is 11.3. The molecule has 3 rings (SSSR count). The van der Waals surface area contributed by atoms with Crippen LogP contribution in [0.1, 0.15) is 49.0 Å². The molecule has 1 aliphatic rings. The Morgan fingerprint density at radius 3 is 2.48 bits per heavy atom. The zero-order valence-electron chi connectivity index (χ0n) is 13.2. The van der Waals surface area contributed by atoms with E-state index >= 15 is 0 Å². The van der Waals surface area contributed by atoms with Crippen molar-refractivity contribution in [2.75, 3.05) is 6.61 Å². The summed E-state index contributed by atoms with van der Waals surface area (Å²) in [5.41, 5.74) is 1.37. The average Bonchev–Trinajstić information content (AvgIpc) is 3.15. The van der Waals surface area contributed by atoms with Gasteiger partial charge in [0, 0.05) is 5.92 Å². The van der Waals surface area contributed by atoms with Crippen LogP contribution in [0.4, 0.5) is 0 Å². The van der Waals surface area contributed by atoms with Crippen LogP contribution < -0.4 is 5.32 Å². The van der Waals surface area contributed by atoms with Gasteiger partial charge in [0.15, 0.2) is 0 Å². The van der Waals surface area contributed by atoms with E-state index in [1.54, 1.807) is 18.4 Å². The zero-order chi connectivity index (χ0) is 16.1. The average molecular weight is 313 g/mol. The summed E-state index contributed by atoms with van der Waals surface area (Å²) in [5.74, 6) is 1.20. The normalized spacial score (nSPS) is 22.5. The minimum atomic E-state index is -0.454. The quantitative estimate of drug-likeness (QED) is 0.889. The lowest BCUT2D eigenvalue weighted by Gasteiger charge is -2.29. The maximum absolute atomic E-state index is 12.4. The van der Waals surface area contributed by atoms with Gasteiger partial charge in [-0.25, -0.2) is 0 Å².